The zero-order valence-corrected chi connectivity index (χ0v) is 29.3. The van der Waals surface area contributed by atoms with E-state index in [1.54, 1.807) is 39.0 Å². The van der Waals surface area contributed by atoms with Crippen molar-refractivity contribution in [1.29, 1.82) is 0 Å². The fraction of sp³-hybridized carbons (Fsp3) is 0.344. The second-order valence-corrected chi connectivity index (χ2v) is 16.0. The Morgan fingerprint density at radius 3 is 2.46 bits per heavy atom. The van der Waals surface area contributed by atoms with Gasteiger partial charge in [-0.05, 0) is 74.4 Å². The number of halogens is 1. The van der Waals surface area contributed by atoms with Gasteiger partial charge in [-0.2, -0.15) is 10.1 Å². The van der Waals surface area contributed by atoms with Crippen LogP contribution in [0.1, 0.15) is 12.8 Å². The molecular formula is C32H38BrN10O2P. The Morgan fingerprint density at radius 2 is 1.78 bits per heavy atom. The first kappa shape index (κ1) is 31.9. The van der Waals surface area contributed by atoms with Crippen LogP contribution in [-0.4, -0.2) is 88.3 Å². The molecule has 1 saturated heterocycles. The molecule has 4 heterocycles. The van der Waals surface area contributed by atoms with E-state index < -0.39 is 7.14 Å². The van der Waals surface area contributed by atoms with E-state index >= 15 is 0 Å². The molecule has 0 atom stereocenters. The van der Waals surface area contributed by atoms with E-state index in [4.69, 9.17) is 9.72 Å². The van der Waals surface area contributed by atoms with Gasteiger partial charge in [0.05, 0.1) is 40.0 Å². The summed E-state index contributed by atoms with van der Waals surface area (Å²) in [6, 6.07) is 8.44. The number of hydrogen-bond acceptors (Lipinski definition) is 11. The third kappa shape index (κ3) is 6.58. The van der Waals surface area contributed by atoms with Gasteiger partial charge in [-0.3, -0.25) is 14.6 Å². The second kappa shape index (κ2) is 13.0. The van der Waals surface area contributed by atoms with Crippen molar-refractivity contribution in [2.75, 3.05) is 63.2 Å². The van der Waals surface area contributed by atoms with Gasteiger partial charge in [0.1, 0.15) is 24.2 Å². The predicted octanol–water partition coefficient (Wildman–Crippen LogP) is 5.86. The molecule has 240 valence electrons. The van der Waals surface area contributed by atoms with E-state index in [2.05, 4.69) is 82.6 Å². The van der Waals surface area contributed by atoms with Crippen molar-refractivity contribution < 1.29 is 9.30 Å². The Balaban J connectivity index is 1.36. The fourth-order valence-electron chi connectivity index (χ4n) is 5.94. The minimum atomic E-state index is -2.76. The maximum Gasteiger partial charge on any atom is 0.229 e. The Hall–Kier alpha value is -4.06. The second-order valence-electron chi connectivity index (χ2n) is 12.0. The third-order valence-electron chi connectivity index (χ3n) is 8.27. The number of aromatic nitrogens is 6. The molecule has 2 aromatic carbocycles. The number of benzene rings is 2. The van der Waals surface area contributed by atoms with Crippen molar-refractivity contribution >= 4 is 68.2 Å². The summed E-state index contributed by atoms with van der Waals surface area (Å²) in [5.74, 6) is 1.54. The molecule has 3 aromatic heterocycles. The number of piperidine rings is 1. The Kier molecular flexibility index (Phi) is 9.00. The van der Waals surface area contributed by atoms with Gasteiger partial charge in [0.2, 0.25) is 5.95 Å². The molecule has 12 nitrogen and oxygen atoms in total. The van der Waals surface area contributed by atoms with Crippen molar-refractivity contribution in [3.63, 3.8) is 0 Å². The topological polar surface area (TPSA) is 126 Å². The molecule has 6 rings (SSSR count). The quantitative estimate of drug-likeness (QED) is 0.179. The van der Waals surface area contributed by atoms with Crippen molar-refractivity contribution in [3.8, 4) is 16.9 Å². The number of methoxy groups -OCH3 is 1. The molecule has 2 N–H and O–H groups in total. The SMILES string of the molecule is COc1cc(N2CCC(N(C)C)CC2)c(-c2cnn(C)c2)cc1Nc1ncc(Br)c(Nc2ccc3nccnc3c2P(C)(C)=O)n1. The molecule has 0 spiro atoms. The van der Waals surface area contributed by atoms with Crippen LogP contribution >= 0.6 is 23.1 Å². The lowest BCUT2D eigenvalue weighted by Crippen LogP contribution is -2.42. The molecule has 0 saturated carbocycles. The van der Waals surface area contributed by atoms with E-state index in [1.165, 1.54) is 0 Å². The van der Waals surface area contributed by atoms with Gasteiger partial charge in [0.15, 0.2) is 0 Å². The van der Waals surface area contributed by atoms with Gasteiger partial charge in [-0.1, -0.05) is 0 Å². The lowest BCUT2D eigenvalue weighted by molar-refractivity contribution is 0.249. The molecule has 0 radical (unpaired) electrons. The normalized spacial score (nSPS) is 14.2. The van der Waals surface area contributed by atoms with Crippen LogP contribution in [0.25, 0.3) is 22.2 Å². The zero-order valence-electron chi connectivity index (χ0n) is 26.8. The largest absolute Gasteiger partial charge is 0.494 e. The summed E-state index contributed by atoms with van der Waals surface area (Å²) in [7, 11) is 5.13. The maximum atomic E-state index is 13.5. The highest BCUT2D eigenvalue weighted by molar-refractivity contribution is 9.10. The van der Waals surface area contributed by atoms with Crippen molar-refractivity contribution in [2.24, 2.45) is 7.05 Å². The van der Waals surface area contributed by atoms with Gasteiger partial charge in [-0.15, -0.1) is 0 Å². The van der Waals surface area contributed by atoms with Crippen molar-refractivity contribution in [1.82, 2.24) is 34.6 Å². The summed E-state index contributed by atoms with van der Waals surface area (Å²) in [4.78, 5) is 23.0. The number of nitrogens with zero attached hydrogens (tertiary/aromatic N) is 8. The molecule has 14 heteroatoms. The van der Waals surface area contributed by atoms with Gasteiger partial charge in [0, 0.05) is 73.8 Å². The van der Waals surface area contributed by atoms with E-state index in [9.17, 15) is 4.57 Å². The number of hydrogen-bond donors (Lipinski definition) is 2. The van der Waals surface area contributed by atoms with Crippen molar-refractivity contribution in [2.45, 2.75) is 18.9 Å². The minimum absolute atomic E-state index is 0.360. The average molecular weight is 706 g/mol. The Bertz CT molecular complexity index is 1930. The molecular weight excluding hydrogens is 667 g/mol. The van der Waals surface area contributed by atoms with Gasteiger partial charge < -0.3 is 29.7 Å². The fourth-order valence-corrected chi connectivity index (χ4v) is 7.63. The first-order valence-corrected chi connectivity index (χ1v) is 18.4. The van der Waals surface area contributed by atoms with Crippen molar-refractivity contribution in [3.05, 3.63) is 59.7 Å². The number of aryl methyl sites for hydroxylation is 1. The molecule has 0 bridgehead atoms. The van der Waals surface area contributed by atoms with Crippen LogP contribution in [0.15, 0.2) is 59.7 Å². The zero-order chi connectivity index (χ0) is 32.6. The van der Waals surface area contributed by atoms with Crippen LogP contribution in [0, 0.1) is 0 Å². The molecule has 0 amide bonds. The van der Waals surface area contributed by atoms with Crippen LogP contribution in [-0.2, 0) is 11.6 Å². The van der Waals surface area contributed by atoms with E-state index in [0.717, 1.165) is 48.4 Å². The summed E-state index contributed by atoms with van der Waals surface area (Å²) in [6.07, 6.45) is 11.0. The van der Waals surface area contributed by atoms with E-state index in [0.29, 0.717) is 50.1 Å². The van der Waals surface area contributed by atoms with Crippen LogP contribution in [0.4, 0.5) is 28.8 Å². The molecule has 0 unspecified atom stereocenters. The standard InChI is InChI=1S/C32H38BrN10O2P/c1-41(2)21-9-13-43(14-10-21)27-16-28(45-4)26(15-22(27)20-17-37-42(3)19-20)39-32-36-18-23(33)31(40-32)38-25-8-7-24-29(35-12-11-34-24)30(25)46(5,6)44/h7-8,11-12,15-19,21H,9-10,13-14H2,1-6H3,(H2,36,38,39,40). The van der Waals surface area contributed by atoms with Gasteiger partial charge in [0.25, 0.3) is 0 Å². The first-order valence-electron chi connectivity index (χ1n) is 15.0. The predicted molar refractivity (Wildman–Crippen MR) is 189 cm³/mol. The summed E-state index contributed by atoms with van der Waals surface area (Å²) in [5.41, 5.74) is 5.79. The van der Waals surface area contributed by atoms with Crippen LogP contribution in [0.2, 0.25) is 0 Å². The summed E-state index contributed by atoms with van der Waals surface area (Å²) in [5, 5.41) is 11.8. The number of anilines is 5. The molecule has 5 aromatic rings. The maximum absolute atomic E-state index is 13.5. The van der Waals surface area contributed by atoms with Gasteiger partial charge in [-0.25, -0.2) is 4.98 Å². The highest BCUT2D eigenvalue weighted by atomic mass is 79.9. The smallest absolute Gasteiger partial charge is 0.229 e. The van der Waals surface area contributed by atoms with Crippen LogP contribution in [0.3, 0.4) is 0 Å². The minimum Gasteiger partial charge on any atom is -0.494 e. The monoisotopic (exact) mass is 704 g/mol. The molecule has 1 fully saturated rings. The average Bonchev–Trinajstić information content (AvgIpc) is 3.47. The Morgan fingerprint density at radius 1 is 1.02 bits per heavy atom. The van der Waals surface area contributed by atoms with Gasteiger partial charge >= 0.3 is 0 Å². The molecule has 1 aliphatic heterocycles. The Labute approximate surface area is 277 Å². The molecule has 0 aliphatic carbocycles. The third-order valence-corrected chi connectivity index (χ3v) is 10.4. The van der Waals surface area contributed by atoms with E-state index in [1.807, 2.05) is 36.3 Å². The number of ether oxygens (including phenoxy) is 1. The summed E-state index contributed by atoms with van der Waals surface area (Å²) < 4.78 is 21.8. The molecule has 46 heavy (non-hydrogen) atoms. The number of fused-ring (bicyclic) bond motifs is 1. The van der Waals surface area contributed by atoms with E-state index in [-0.39, 0.29) is 0 Å². The van der Waals surface area contributed by atoms with Crippen LogP contribution < -0.4 is 25.6 Å². The lowest BCUT2D eigenvalue weighted by atomic mass is 9.99. The number of nitrogens with one attached hydrogen (secondary N) is 2. The molecule has 1 aliphatic rings. The summed E-state index contributed by atoms with van der Waals surface area (Å²) >= 11 is 3.58. The number of rotatable bonds is 9. The van der Waals surface area contributed by atoms with Crippen LogP contribution in [0.5, 0.6) is 5.75 Å². The highest BCUT2D eigenvalue weighted by Crippen LogP contribution is 2.43. The first-order chi connectivity index (χ1) is 22.0. The highest BCUT2D eigenvalue weighted by Gasteiger charge is 2.26. The summed E-state index contributed by atoms with van der Waals surface area (Å²) in [6.45, 7) is 5.34. The lowest BCUT2D eigenvalue weighted by Gasteiger charge is -2.37.